The molecule has 1 saturated heterocycles. The van der Waals surface area contributed by atoms with Crippen LogP contribution in [-0.4, -0.2) is 30.1 Å². The van der Waals surface area contributed by atoms with Crippen LogP contribution in [0.3, 0.4) is 0 Å². The number of carbonyl (C=O) groups excluding carboxylic acids is 1. The van der Waals surface area contributed by atoms with Crippen molar-refractivity contribution in [2.45, 2.75) is 25.4 Å². The number of nitrogens with one attached hydrogen (secondary N) is 1. The van der Waals surface area contributed by atoms with Crippen LogP contribution in [0.1, 0.15) is 24.8 Å². The van der Waals surface area contributed by atoms with Gasteiger partial charge in [0, 0.05) is 31.8 Å². The Balaban J connectivity index is 0.00000144. The lowest BCUT2D eigenvalue weighted by molar-refractivity contribution is -0.148. The zero-order chi connectivity index (χ0) is 11.4. The van der Waals surface area contributed by atoms with Gasteiger partial charge in [0.1, 0.15) is 6.10 Å². The molecular formula is C12H18Cl2N2O2. The van der Waals surface area contributed by atoms with E-state index in [2.05, 4.69) is 10.3 Å². The lowest BCUT2D eigenvalue weighted by Gasteiger charge is -2.31. The van der Waals surface area contributed by atoms with Gasteiger partial charge in [-0.3, -0.25) is 9.78 Å². The lowest BCUT2D eigenvalue weighted by Crippen LogP contribution is -2.41. The van der Waals surface area contributed by atoms with Crippen molar-refractivity contribution in [3.8, 4) is 0 Å². The van der Waals surface area contributed by atoms with Crippen LogP contribution in [0.5, 0.6) is 0 Å². The number of nitrogens with zero attached hydrogens (tertiary/aromatic N) is 1. The normalized spacial score (nSPS) is 22.3. The van der Waals surface area contributed by atoms with Crippen molar-refractivity contribution in [1.82, 2.24) is 10.3 Å². The molecular weight excluding hydrogens is 275 g/mol. The minimum atomic E-state index is -0.220. The highest BCUT2D eigenvalue weighted by Gasteiger charge is 2.28. The van der Waals surface area contributed by atoms with E-state index in [-0.39, 0.29) is 42.8 Å². The maximum Gasteiger partial charge on any atom is 0.302 e. The molecule has 1 aliphatic heterocycles. The highest BCUT2D eigenvalue weighted by atomic mass is 35.5. The summed E-state index contributed by atoms with van der Waals surface area (Å²) < 4.78 is 5.33. The molecule has 2 atom stereocenters. The predicted octanol–water partition coefficient (Wildman–Crippen LogP) is 1.93. The van der Waals surface area contributed by atoms with E-state index in [4.69, 9.17) is 4.74 Å². The van der Waals surface area contributed by atoms with E-state index in [1.807, 2.05) is 18.3 Å². The molecule has 1 aromatic heterocycles. The number of esters is 1. The van der Waals surface area contributed by atoms with E-state index in [9.17, 15) is 4.79 Å². The van der Waals surface area contributed by atoms with Crippen LogP contribution in [0.15, 0.2) is 24.5 Å². The van der Waals surface area contributed by atoms with E-state index in [0.29, 0.717) is 0 Å². The van der Waals surface area contributed by atoms with Crippen molar-refractivity contribution in [3.63, 3.8) is 0 Å². The van der Waals surface area contributed by atoms with Crippen molar-refractivity contribution in [1.29, 1.82) is 0 Å². The monoisotopic (exact) mass is 292 g/mol. The molecule has 0 saturated carbocycles. The fourth-order valence-electron chi connectivity index (χ4n) is 2.14. The summed E-state index contributed by atoms with van der Waals surface area (Å²) in [6, 6.07) is 3.96. The zero-order valence-corrected chi connectivity index (χ0v) is 11.8. The molecule has 2 heterocycles. The van der Waals surface area contributed by atoms with Gasteiger partial charge in [-0.25, -0.2) is 0 Å². The Kier molecular flexibility index (Phi) is 7.91. The molecule has 0 spiro atoms. The molecule has 4 nitrogen and oxygen atoms in total. The second-order valence-corrected chi connectivity index (χ2v) is 4.03. The Morgan fingerprint density at radius 1 is 1.50 bits per heavy atom. The third-order valence-electron chi connectivity index (χ3n) is 2.86. The summed E-state index contributed by atoms with van der Waals surface area (Å²) in [5.74, 6) is 0.0430. The topological polar surface area (TPSA) is 51.2 Å². The number of pyridine rings is 1. The van der Waals surface area contributed by atoms with Crippen molar-refractivity contribution >= 4 is 30.8 Å². The molecule has 0 radical (unpaired) electrons. The Morgan fingerprint density at radius 2 is 2.28 bits per heavy atom. The fourth-order valence-corrected chi connectivity index (χ4v) is 2.14. The van der Waals surface area contributed by atoms with Crippen LogP contribution in [0.4, 0.5) is 0 Å². The molecule has 0 aromatic carbocycles. The summed E-state index contributed by atoms with van der Waals surface area (Å²) in [5, 5.41) is 3.24. The number of piperidine rings is 1. The van der Waals surface area contributed by atoms with Crippen molar-refractivity contribution < 1.29 is 9.53 Å². The van der Waals surface area contributed by atoms with Crippen molar-refractivity contribution in [3.05, 3.63) is 30.1 Å². The fraction of sp³-hybridized carbons (Fsp3) is 0.500. The summed E-state index contributed by atoms with van der Waals surface area (Å²) in [6.07, 6.45) is 4.51. The molecule has 6 heteroatoms. The molecule has 0 unspecified atom stereocenters. The van der Waals surface area contributed by atoms with E-state index >= 15 is 0 Å². The lowest BCUT2D eigenvalue weighted by atomic mass is 9.89. The minimum absolute atomic E-state index is 0. The average Bonchev–Trinajstić information content (AvgIpc) is 2.30. The van der Waals surface area contributed by atoms with Crippen LogP contribution in [0, 0.1) is 0 Å². The SMILES string of the molecule is CC(=O)O[C@H]1CNCC[C@@H]1c1cccnc1.Cl.Cl. The maximum absolute atomic E-state index is 11.0. The molecule has 1 fully saturated rings. The first kappa shape index (κ1) is 17.2. The molecule has 1 aliphatic rings. The van der Waals surface area contributed by atoms with E-state index in [1.54, 1.807) is 6.20 Å². The first-order valence-electron chi connectivity index (χ1n) is 5.55. The van der Waals surface area contributed by atoms with Gasteiger partial charge in [0.05, 0.1) is 0 Å². The van der Waals surface area contributed by atoms with Crippen molar-refractivity contribution in [2.75, 3.05) is 13.1 Å². The Bertz CT molecular complexity index is 362. The minimum Gasteiger partial charge on any atom is -0.461 e. The number of hydrogen-bond donors (Lipinski definition) is 1. The van der Waals surface area contributed by atoms with Crippen LogP contribution >= 0.6 is 24.8 Å². The van der Waals surface area contributed by atoms with Crippen LogP contribution < -0.4 is 5.32 Å². The maximum atomic E-state index is 11.0. The largest absolute Gasteiger partial charge is 0.461 e. The molecule has 102 valence electrons. The molecule has 1 aromatic rings. The van der Waals surface area contributed by atoms with Crippen LogP contribution in [0.25, 0.3) is 0 Å². The number of hydrogen-bond acceptors (Lipinski definition) is 4. The highest BCUT2D eigenvalue weighted by Crippen LogP contribution is 2.26. The van der Waals surface area contributed by atoms with Gasteiger partial charge in [0.25, 0.3) is 0 Å². The summed E-state index contributed by atoms with van der Waals surface area (Å²) in [5.41, 5.74) is 1.15. The summed E-state index contributed by atoms with van der Waals surface area (Å²) in [4.78, 5) is 15.1. The molecule has 1 N–H and O–H groups in total. The summed E-state index contributed by atoms with van der Waals surface area (Å²) >= 11 is 0. The quantitative estimate of drug-likeness (QED) is 0.847. The first-order chi connectivity index (χ1) is 7.77. The van der Waals surface area contributed by atoms with Gasteiger partial charge in [0.2, 0.25) is 0 Å². The standard InChI is InChI=1S/C12H16N2O2.2ClH/c1-9(15)16-12-8-14-6-4-11(12)10-3-2-5-13-7-10;;/h2-3,5,7,11-12,14H,4,6,8H2,1H3;2*1H/t11-,12+;;/m1../s1. The predicted molar refractivity (Wildman–Crippen MR) is 74.5 cm³/mol. The molecule has 2 rings (SSSR count). The van der Waals surface area contributed by atoms with Crippen molar-refractivity contribution in [2.24, 2.45) is 0 Å². The average molecular weight is 293 g/mol. The van der Waals surface area contributed by atoms with E-state index < -0.39 is 0 Å². The molecule has 0 bridgehead atoms. The van der Waals surface area contributed by atoms with Gasteiger partial charge in [0.15, 0.2) is 0 Å². The van der Waals surface area contributed by atoms with Gasteiger partial charge < -0.3 is 10.1 Å². The number of carbonyl (C=O) groups is 1. The van der Waals surface area contributed by atoms with Gasteiger partial charge in [-0.2, -0.15) is 0 Å². The van der Waals surface area contributed by atoms with Crippen LogP contribution in [-0.2, 0) is 9.53 Å². The Morgan fingerprint density at radius 3 is 2.89 bits per heavy atom. The summed E-state index contributed by atoms with van der Waals surface area (Å²) in [6.45, 7) is 3.13. The second-order valence-electron chi connectivity index (χ2n) is 4.03. The number of aromatic nitrogens is 1. The summed E-state index contributed by atoms with van der Waals surface area (Å²) in [7, 11) is 0. The first-order valence-corrected chi connectivity index (χ1v) is 5.55. The van der Waals surface area contributed by atoms with E-state index in [1.165, 1.54) is 6.92 Å². The zero-order valence-electron chi connectivity index (χ0n) is 10.2. The van der Waals surface area contributed by atoms with Gasteiger partial charge >= 0.3 is 5.97 Å². The van der Waals surface area contributed by atoms with Gasteiger partial charge in [-0.15, -0.1) is 24.8 Å². The second kappa shape index (κ2) is 8.29. The van der Waals surface area contributed by atoms with Gasteiger partial charge in [-0.05, 0) is 24.6 Å². The third-order valence-corrected chi connectivity index (χ3v) is 2.86. The van der Waals surface area contributed by atoms with Crippen LogP contribution in [0.2, 0.25) is 0 Å². The Labute approximate surface area is 119 Å². The molecule has 0 amide bonds. The van der Waals surface area contributed by atoms with E-state index in [0.717, 1.165) is 25.1 Å². The smallest absolute Gasteiger partial charge is 0.302 e. The highest BCUT2D eigenvalue weighted by molar-refractivity contribution is 5.85. The number of rotatable bonds is 2. The molecule has 18 heavy (non-hydrogen) atoms. The third kappa shape index (κ3) is 4.44. The number of halogens is 2. The Hall–Kier alpha value is -0.840. The van der Waals surface area contributed by atoms with Gasteiger partial charge in [-0.1, -0.05) is 6.07 Å². The molecule has 0 aliphatic carbocycles. The number of ether oxygens (including phenoxy) is 1.